The third kappa shape index (κ3) is 5.38. The van der Waals surface area contributed by atoms with Crippen LogP contribution >= 0.6 is 24.0 Å². The number of anilines is 1. The number of benzene rings is 2. The molecular formula is C24H24N2O5S2. The molecule has 2 aromatic carbocycles. The van der Waals surface area contributed by atoms with Gasteiger partial charge in [0.2, 0.25) is 0 Å². The van der Waals surface area contributed by atoms with Gasteiger partial charge in [-0.05, 0) is 48.4 Å². The molecule has 0 bridgehead atoms. The maximum Gasteiger partial charge on any atom is 0.270 e. The predicted octanol–water partition coefficient (Wildman–Crippen LogP) is 3.65. The average molecular weight is 485 g/mol. The summed E-state index contributed by atoms with van der Waals surface area (Å²) >= 11 is 6.72. The van der Waals surface area contributed by atoms with E-state index in [2.05, 4.69) is 0 Å². The number of hydrogen-bond donors (Lipinski definition) is 0. The SMILES string of the molecule is COc1cc(/C=C2/SC(=S)N(c3cccc(C)c3)C2=O)ccc1OCC(=O)N1CCOCC1. The molecule has 0 N–H and O–H groups in total. The number of nitrogens with zero attached hydrogens (tertiary/aromatic N) is 2. The Morgan fingerprint density at radius 3 is 2.70 bits per heavy atom. The van der Waals surface area contributed by atoms with Crippen molar-refractivity contribution in [3.63, 3.8) is 0 Å². The van der Waals surface area contributed by atoms with E-state index in [0.29, 0.717) is 47.0 Å². The molecule has 0 spiro atoms. The molecule has 33 heavy (non-hydrogen) atoms. The fourth-order valence-corrected chi connectivity index (χ4v) is 4.84. The molecule has 172 valence electrons. The summed E-state index contributed by atoms with van der Waals surface area (Å²) in [6.07, 6.45) is 1.78. The molecule has 2 amide bonds. The van der Waals surface area contributed by atoms with E-state index in [4.69, 9.17) is 26.4 Å². The Balaban J connectivity index is 1.47. The van der Waals surface area contributed by atoms with Crippen LogP contribution in [0.4, 0.5) is 5.69 Å². The van der Waals surface area contributed by atoms with Crippen LogP contribution in [0, 0.1) is 6.92 Å². The van der Waals surface area contributed by atoms with Gasteiger partial charge in [0.1, 0.15) is 0 Å². The minimum absolute atomic E-state index is 0.0785. The molecule has 2 aliphatic heterocycles. The normalized spacial score (nSPS) is 17.6. The number of thiocarbonyl (C=S) groups is 1. The number of methoxy groups -OCH3 is 1. The zero-order chi connectivity index (χ0) is 23.4. The average Bonchev–Trinajstić information content (AvgIpc) is 3.10. The van der Waals surface area contributed by atoms with Gasteiger partial charge in [-0.1, -0.05) is 42.2 Å². The Morgan fingerprint density at radius 2 is 1.97 bits per heavy atom. The van der Waals surface area contributed by atoms with Crippen LogP contribution in [0.3, 0.4) is 0 Å². The summed E-state index contributed by atoms with van der Waals surface area (Å²) in [7, 11) is 1.53. The molecule has 2 fully saturated rings. The second-order valence-electron chi connectivity index (χ2n) is 7.55. The molecule has 9 heteroatoms. The van der Waals surface area contributed by atoms with Crippen LogP contribution in [0.2, 0.25) is 0 Å². The van der Waals surface area contributed by atoms with E-state index in [1.54, 1.807) is 28.0 Å². The summed E-state index contributed by atoms with van der Waals surface area (Å²) in [4.78, 5) is 29.2. The lowest BCUT2D eigenvalue weighted by Gasteiger charge is -2.26. The van der Waals surface area contributed by atoms with Gasteiger partial charge in [-0.15, -0.1) is 0 Å². The Bertz CT molecular complexity index is 1110. The van der Waals surface area contributed by atoms with E-state index in [9.17, 15) is 9.59 Å². The quantitative estimate of drug-likeness (QED) is 0.458. The lowest BCUT2D eigenvalue weighted by Crippen LogP contribution is -2.43. The van der Waals surface area contributed by atoms with E-state index in [0.717, 1.165) is 16.8 Å². The van der Waals surface area contributed by atoms with Crippen molar-refractivity contribution in [1.29, 1.82) is 0 Å². The highest BCUT2D eigenvalue weighted by molar-refractivity contribution is 8.27. The minimum atomic E-state index is -0.161. The molecule has 0 aromatic heterocycles. The van der Waals surface area contributed by atoms with Crippen LogP contribution in [0.25, 0.3) is 6.08 Å². The molecule has 0 unspecified atom stereocenters. The lowest BCUT2D eigenvalue weighted by atomic mass is 10.1. The van der Waals surface area contributed by atoms with Gasteiger partial charge in [0.25, 0.3) is 11.8 Å². The van der Waals surface area contributed by atoms with Crippen molar-refractivity contribution in [2.24, 2.45) is 0 Å². The molecule has 0 radical (unpaired) electrons. The van der Waals surface area contributed by atoms with Crippen molar-refractivity contribution in [3.05, 3.63) is 58.5 Å². The number of amides is 2. The van der Waals surface area contributed by atoms with Crippen LogP contribution in [-0.2, 0) is 14.3 Å². The van der Waals surface area contributed by atoms with E-state index in [1.165, 1.54) is 18.9 Å². The third-order valence-electron chi connectivity index (χ3n) is 5.25. The van der Waals surface area contributed by atoms with Gasteiger partial charge in [0.15, 0.2) is 22.4 Å². The van der Waals surface area contributed by atoms with Gasteiger partial charge in [-0.2, -0.15) is 0 Å². The number of ether oxygens (including phenoxy) is 3. The molecule has 2 aliphatic rings. The minimum Gasteiger partial charge on any atom is -0.493 e. The van der Waals surface area contributed by atoms with E-state index in [-0.39, 0.29) is 18.4 Å². The highest BCUT2D eigenvalue weighted by Crippen LogP contribution is 2.37. The highest BCUT2D eigenvalue weighted by Gasteiger charge is 2.33. The van der Waals surface area contributed by atoms with E-state index < -0.39 is 0 Å². The number of rotatable bonds is 6. The molecule has 2 saturated heterocycles. The van der Waals surface area contributed by atoms with Gasteiger partial charge in [0.05, 0.1) is 30.9 Å². The smallest absolute Gasteiger partial charge is 0.270 e. The summed E-state index contributed by atoms with van der Waals surface area (Å²) in [5.74, 6) is 0.687. The molecular weight excluding hydrogens is 460 g/mol. The number of carbonyl (C=O) groups excluding carboxylic acids is 2. The summed E-state index contributed by atoms with van der Waals surface area (Å²) in [5.41, 5.74) is 2.58. The maximum atomic E-state index is 13.0. The third-order valence-corrected chi connectivity index (χ3v) is 6.56. The Kier molecular flexibility index (Phi) is 7.32. The summed E-state index contributed by atoms with van der Waals surface area (Å²) in [6, 6.07) is 13.0. The van der Waals surface area contributed by atoms with Crippen LogP contribution < -0.4 is 14.4 Å². The van der Waals surface area contributed by atoms with Gasteiger partial charge in [0, 0.05) is 13.1 Å². The molecule has 7 nitrogen and oxygen atoms in total. The molecule has 2 aromatic rings. The van der Waals surface area contributed by atoms with Crippen molar-refractivity contribution in [1.82, 2.24) is 4.90 Å². The van der Waals surface area contributed by atoms with Gasteiger partial charge in [-0.25, -0.2) is 0 Å². The van der Waals surface area contributed by atoms with Crippen molar-refractivity contribution in [2.45, 2.75) is 6.92 Å². The topological polar surface area (TPSA) is 68.3 Å². The number of hydrogen-bond acceptors (Lipinski definition) is 7. The lowest BCUT2D eigenvalue weighted by molar-refractivity contribution is -0.137. The number of thioether (sulfide) groups is 1. The van der Waals surface area contributed by atoms with Gasteiger partial charge < -0.3 is 19.1 Å². The van der Waals surface area contributed by atoms with Crippen LogP contribution in [0.15, 0.2) is 47.4 Å². The molecule has 2 heterocycles. The zero-order valence-corrected chi connectivity index (χ0v) is 20.0. The first-order valence-corrected chi connectivity index (χ1v) is 11.7. The summed E-state index contributed by atoms with van der Waals surface area (Å²) in [5, 5.41) is 0. The van der Waals surface area contributed by atoms with E-state index in [1.807, 2.05) is 37.3 Å². The first-order valence-electron chi connectivity index (χ1n) is 10.5. The van der Waals surface area contributed by atoms with Crippen LogP contribution in [0.1, 0.15) is 11.1 Å². The van der Waals surface area contributed by atoms with Crippen LogP contribution in [0.5, 0.6) is 11.5 Å². The molecule has 0 aliphatic carbocycles. The first-order chi connectivity index (χ1) is 16.0. The first kappa shape index (κ1) is 23.3. The Labute approximate surface area is 202 Å². The van der Waals surface area contributed by atoms with Crippen LogP contribution in [-0.4, -0.2) is 61.1 Å². The van der Waals surface area contributed by atoms with Crippen molar-refractivity contribution in [3.8, 4) is 11.5 Å². The number of carbonyl (C=O) groups is 2. The fraction of sp³-hybridized carbons (Fsp3) is 0.292. The fourth-order valence-electron chi connectivity index (χ4n) is 3.55. The molecule has 0 saturated carbocycles. The van der Waals surface area contributed by atoms with Crippen molar-refractivity contribution in [2.75, 3.05) is 44.9 Å². The largest absolute Gasteiger partial charge is 0.493 e. The maximum absolute atomic E-state index is 13.0. The Hall–Kier alpha value is -2.88. The second kappa shape index (κ2) is 10.4. The van der Waals surface area contributed by atoms with Gasteiger partial charge in [-0.3, -0.25) is 14.5 Å². The number of aryl methyl sites for hydroxylation is 1. The predicted molar refractivity (Wildman–Crippen MR) is 133 cm³/mol. The van der Waals surface area contributed by atoms with Crippen molar-refractivity contribution >= 4 is 51.9 Å². The zero-order valence-electron chi connectivity index (χ0n) is 18.4. The summed E-state index contributed by atoms with van der Waals surface area (Å²) in [6.45, 7) is 4.12. The standard InChI is InChI=1S/C24H24N2O5S2/c1-16-4-3-5-18(12-16)26-23(28)21(33-24(26)32)14-17-6-7-19(20(13-17)29-2)31-15-22(27)25-8-10-30-11-9-25/h3-7,12-14H,8-11,15H2,1-2H3/b21-14+. The van der Waals surface area contributed by atoms with E-state index >= 15 is 0 Å². The van der Waals surface area contributed by atoms with Gasteiger partial charge >= 0.3 is 0 Å². The summed E-state index contributed by atoms with van der Waals surface area (Å²) < 4.78 is 16.9. The van der Waals surface area contributed by atoms with Crippen molar-refractivity contribution < 1.29 is 23.8 Å². The number of morpholine rings is 1. The Morgan fingerprint density at radius 1 is 1.18 bits per heavy atom. The molecule has 0 atom stereocenters. The monoisotopic (exact) mass is 484 g/mol. The highest BCUT2D eigenvalue weighted by atomic mass is 32.2. The second-order valence-corrected chi connectivity index (χ2v) is 9.22. The molecule has 4 rings (SSSR count).